The minimum atomic E-state index is -0.772. The van der Waals surface area contributed by atoms with E-state index in [2.05, 4.69) is 36.1 Å². The van der Waals surface area contributed by atoms with Crippen LogP contribution in [0.1, 0.15) is 11.9 Å². The lowest BCUT2D eigenvalue weighted by Gasteiger charge is -2.06. The molecule has 0 radical (unpaired) electrons. The van der Waals surface area contributed by atoms with Crippen molar-refractivity contribution in [3.05, 3.63) is 27.8 Å². The predicted molar refractivity (Wildman–Crippen MR) is 60.1 cm³/mol. The average Bonchev–Trinajstić information content (AvgIpc) is 2.27. The van der Waals surface area contributed by atoms with Crippen molar-refractivity contribution >= 4 is 34.1 Å². The van der Waals surface area contributed by atoms with Crippen LogP contribution in [0.4, 0.5) is 0 Å². The quantitative estimate of drug-likeness (QED) is 0.396. The highest BCUT2D eigenvalue weighted by Gasteiger charge is 2.20. The summed E-state index contributed by atoms with van der Waals surface area (Å²) in [5, 5.41) is 2.94. The third-order valence-electron chi connectivity index (χ3n) is 1.55. The Labute approximate surface area is 99.6 Å². The van der Waals surface area contributed by atoms with Crippen molar-refractivity contribution < 1.29 is 4.79 Å². The third-order valence-corrected chi connectivity index (χ3v) is 2.72. The maximum atomic E-state index is 10.3. The summed E-state index contributed by atoms with van der Waals surface area (Å²) in [6.07, 6.45) is 3.12. The highest BCUT2D eigenvalue weighted by atomic mass is 79.9. The number of halogens is 1. The van der Waals surface area contributed by atoms with E-state index in [1.165, 1.54) is 11.8 Å². The van der Waals surface area contributed by atoms with Gasteiger partial charge < -0.3 is 0 Å². The van der Waals surface area contributed by atoms with Crippen LogP contribution in [0, 0.1) is 6.57 Å². The molecule has 0 spiro atoms. The molecule has 1 atom stereocenters. The van der Waals surface area contributed by atoms with Crippen LogP contribution in [0.15, 0.2) is 15.8 Å². The summed E-state index contributed by atoms with van der Waals surface area (Å²) in [6.45, 7) is 6.94. The van der Waals surface area contributed by atoms with Crippen LogP contribution < -0.4 is 5.32 Å². The molecule has 0 saturated heterocycles. The lowest BCUT2D eigenvalue weighted by atomic mass is 10.3. The Bertz CT molecular complexity index is 406. The first-order valence-electron chi connectivity index (χ1n) is 3.85. The number of aromatic nitrogens is 2. The molecule has 1 N–H and O–H groups in total. The van der Waals surface area contributed by atoms with Gasteiger partial charge in [-0.15, -0.1) is 0 Å². The van der Waals surface area contributed by atoms with Gasteiger partial charge in [-0.1, -0.05) is 11.8 Å². The van der Waals surface area contributed by atoms with E-state index < -0.39 is 6.17 Å². The van der Waals surface area contributed by atoms with Crippen molar-refractivity contribution in [2.75, 3.05) is 6.26 Å². The Hall–Kier alpha value is -1.13. The lowest BCUT2D eigenvalue weighted by molar-refractivity contribution is -0.110. The molecule has 1 amide bonds. The van der Waals surface area contributed by atoms with Gasteiger partial charge in [-0.3, -0.25) is 15.0 Å². The number of nitrogens with one attached hydrogen (secondary N) is 1. The monoisotopic (exact) mass is 286 g/mol. The molecule has 7 heteroatoms. The number of nitrogens with zero attached hydrogens (tertiary/aromatic N) is 3. The number of thioether (sulfide) groups is 1. The maximum absolute atomic E-state index is 10.3. The first kappa shape index (κ1) is 11.9. The van der Waals surface area contributed by atoms with Crippen molar-refractivity contribution in [3.63, 3.8) is 0 Å². The second-order valence-electron chi connectivity index (χ2n) is 2.41. The molecule has 0 bridgehead atoms. The standard InChI is InChI=1S/C8H7BrN4OS/c1-10-7(12-4-14)6-5(9)3-11-8(13-6)15-2/h3-4,7H,2H3,(H,12,14). The van der Waals surface area contributed by atoms with Gasteiger partial charge in [0.15, 0.2) is 10.9 Å². The summed E-state index contributed by atoms with van der Waals surface area (Å²) in [5.41, 5.74) is 0.469. The lowest BCUT2D eigenvalue weighted by Crippen LogP contribution is -2.18. The van der Waals surface area contributed by atoms with Gasteiger partial charge in [0.05, 0.1) is 4.47 Å². The summed E-state index contributed by atoms with van der Waals surface area (Å²) in [4.78, 5) is 21.7. The highest BCUT2D eigenvalue weighted by molar-refractivity contribution is 9.10. The Balaban J connectivity index is 3.10. The minimum Gasteiger partial charge on any atom is -0.284 e. The van der Waals surface area contributed by atoms with Crippen LogP contribution in [-0.2, 0) is 4.79 Å². The Morgan fingerprint density at radius 3 is 3.07 bits per heavy atom. The molecule has 0 aliphatic carbocycles. The number of carbonyl (C=O) groups is 1. The van der Waals surface area contributed by atoms with Crippen molar-refractivity contribution in [2.24, 2.45) is 0 Å². The number of amides is 1. The van der Waals surface area contributed by atoms with Gasteiger partial charge in [0.25, 0.3) is 0 Å². The minimum absolute atomic E-state index is 0.469. The molecule has 1 heterocycles. The Kier molecular flexibility index (Phi) is 4.52. The molecule has 1 unspecified atom stereocenters. The molecule has 0 saturated carbocycles. The van der Waals surface area contributed by atoms with E-state index in [9.17, 15) is 4.79 Å². The number of carbonyl (C=O) groups excluding carboxylic acids is 1. The molecule has 1 rings (SSSR count). The van der Waals surface area contributed by atoms with E-state index in [1.807, 2.05) is 6.26 Å². The van der Waals surface area contributed by atoms with Gasteiger partial charge in [-0.05, 0) is 22.2 Å². The molecule has 5 nitrogen and oxygen atoms in total. The zero-order valence-electron chi connectivity index (χ0n) is 7.77. The second kappa shape index (κ2) is 5.68. The van der Waals surface area contributed by atoms with Crippen LogP contribution in [0.2, 0.25) is 0 Å². The molecule has 0 aliphatic rings. The van der Waals surface area contributed by atoms with Crippen molar-refractivity contribution in [2.45, 2.75) is 11.3 Å². The molecule has 15 heavy (non-hydrogen) atoms. The van der Waals surface area contributed by atoms with Gasteiger partial charge in [-0.25, -0.2) is 16.5 Å². The van der Waals surface area contributed by atoms with Gasteiger partial charge in [0.1, 0.15) is 0 Å². The molecular formula is C8H7BrN4OS. The molecule has 78 valence electrons. The predicted octanol–water partition coefficient (Wildman–Crippen LogP) is 1.62. The molecule has 0 fully saturated rings. The Morgan fingerprint density at radius 1 is 1.80 bits per heavy atom. The average molecular weight is 287 g/mol. The van der Waals surface area contributed by atoms with E-state index in [0.717, 1.165) is 0 Å². The van der Waals surface area contributed by atoms with Crippen LogP contribution in [0.5, 0.6) is 0 Å². The van der Waals surface area contributed by atoms with Crippen LogP contribution in [0.3, 0.4) is 0 Å². The van der Waals surface area contributed by atoms with Gasteiger partial charge in [0, 0.05) is 6.20 Å². The van der Waals surface area contributed by atoms with Crippen molar-refractivity contribution in [1.29, 1.82) is 0 Å². The smallest absolute Gasteiger partial charge is 0.284 e. The fourth-order valence-corrected chi connectivity index (χ4v) is 1.65. The van der Waals surface area contributed by atoms with Crippen LogP contribution in [-0.4, -0.2) is 22.6 Å². The summed E-state index contributed by atoms with van der Waals surface area (Å²) in [5.74, 6) is 0. The van der Waals surface area contributed by atoms with Crippen molar-refractivity contribution in [3.8, 4) is 0 Å². The fourth-order valence-electron chi connectivity index (χ4n) is 0.895. The molecule has 1 aromatic heterocycles. The third kappa shape index (κ3) is 2.91. The number of hydrogen-bond acceptors (Lipinski definition) is 4. The fraction of sp³-hybridized carbons (Fsp3) is 0.250. The topological polar surface area (TPSA) is 59.2 Å². The van der Waals surface area contributed by atoms with Crippen molar-refractivity contribution in [1.82, 2.24) is 15.3 Å². The largest absolute Gasteiger partial charge is 0.342 e. The molecular weight excluding hydrogens is 280 g/mol. The van der Waals surface area contributed by atoms with E-state index in [1.54, 1.807) is 6.20 Å². The number of hydrogen-bond donors (Lipinski definition) is 1. The van der Waals surface area contributed by atoms with Gasteiger partial charge >= 0.3 is 6.17 Å². The summed E-state index contributed by atoms with van der Waals surface area (Å²) in [6, 6.07) is 0. The summed E-state index contributed by atoms with van der Waals surface area (Å²) >= 11 is 4.61. The van der Waals surface area contributed by atoms with Gasteiger partial charge in [0.2, 0.25) is 6.41 Å². The van der Waals surface area contributed by atoms with E-state index in [-0.39, 0.29) is 0 Å². The zero-order chi connectivity index (χ0) is 11.3. The second-order valence-corrected chi connectivity index (χ2v) is 4.03. The normalized spacial score (nSPS) is 11.5. The molecule has 1 aromatic rings. The van der Waals surface area contributed by atoms with E-state index in [4.69, 9.17) is 6.57 Å². The first-order valence-corrected chi connectivity index (χ1v) is 5.87. The van der Waals surface area contributed by atoms with E-state index >= 15 is 0 Å². The molecule has 0 aliphatic heterocycles. The molecule has 0 aromatic carbocycles. The van der Waals surface area contributed by atoms with E-state index in [0.29, 0.717) is 21.7 Å². The Morgan fingerprint density at radius 2 is 2.53 bits per heavy atom. The van der Waals surface area contributed by atoms with Crippen LogP contribution >= 0.6 is 27.7 Å². The maximum Gasteiger partial charge on any atom is 0.342 e. The zero-order valence-corrected chi connectivity index (χ0v) is 10.2. The SMILES string of the molecule is [C-]#[N+]C(NC=O)c1nc(SC)ncc1Br. The first-order chi connectivity index (χ1) is 7.22. The highest BCUT2D eigenvalue weighted by Crippen LogP contribution is 2.23. The summed E-state index contributed by atoms with van der Waals surface area (Å²) in [7, 11) is 0. The van der Waals surface area contributed by atoms with Crippen LogP contribution in [0.25, 0.3) is 4.85 Å². The number of rotatable bonds is 4. The van der Waals surface area contributed by atoms with Gasteiger partial charge in [-0.2, -0.15) is 0 Å². The summed E-state index contributed by atoms with van der Waals surface area (Å²) < 4.78 is 0.607.